The van der Waals surface area contributed by atoms with Crippen molar-refractivity contribution in [1.82, 2.24) is 9.66 Å². The maximum atomic E-state index is 12.7. The van der Waals surface area contributed by atoms with Crippen molar-refractivity contribution in [2.24, 2.45) is 0 Å². The minimum atomic E-state index is -1.17. The molecule has 0 fully saturated rings. The van der Waals surface area contributed by atoms with E-state index in [0.717, 1.165) is 0 Å². The Hall–Kier alpha value is -3.07. The van der Waals surface area contributed by atoms with Gasteiger partial charge in [-0.2, -0.15) is 4.68 Å². The van der Waals surface area contributed by atoms with Gasteiger partial charge in [-0.05, 0) is 26.0 Å². The number of para-hydroxylation sites is 1. The molecule has 24 heavy (non-hydrogen) atoms. The van der Waals surface area contributed by atoms with Gasteiger partial charge in [0.2, 0.25) is 12.1 Å². The molecular weight excluding hydrogens is 318 g/mol. The third kappa shape index (κ3) is 3.15. The number of benzene rings is 1. The van der Waals surface area contributed by atoms with Crippen molar-refractivity contribution in [3.63, 3.8) is 0 Å². The van der Waals surface area contributed by atoms with Crippen LogP contribution in [0, 0.1) is 0 Å². The van der Waals surface area contributed by atoms with Crippen LogP contribution < -0.4 is 10.7 Å². The number of ether oxygens (including phenoxy) is 1. The van der Waals surface area contributed by atoms with E-state index in [2.05, 4.69) is 4.98 Å². The van der Waals surface area contributed by atoms with Crippen molar-refractivity contribution in [2.75, 3.05) is 18.4 Å². The lowest BCUT2D eigenvalue weighted by atomic mass is 10.2. The fourth-order valence-electron chi connectivity index (χ4n) is 2.01. The summed E-state index contributed by atoms with van der Waals surface area (Å²) in [5, 5.41) is 0.551. The normalized spacial score (nSPS) is 10.4. The molecule has 0 spiro atoms. The third-order valence-electron chi connectivity index (χ3n) is 2.93. The highest BCUT2D eigenvalue weighted by molar-refractivity contribution is 6.27. The second-order valence-corrected chi connectivity index (χ2v) is 4.44. The summed E-state index contributed by atoms with van der Waals surface area (Å²) < 4.78 is 5.47. The summed E-state index contributed by atoms with van der Waals surface area (Å²) in [6.07, 6.45) is -0.0355. The molecule has 0 saturated heterocycles. The highest BCUT2D eigenvalue weighted by Gasteiger charge is 2.27. The highest BCUT2D eigenvalue weighted by atomic mass is 16.7. The van der Waals surface area contributed by atoms with Crippen LogP contribution in [0.15, 0.2) is 29.1 Å². The Morgan fingerprint density at radius 2 is 1.96 bits per heavy atom. The van der Waals surface area contributed by atoms with Crippen molar-refractivity contribution in [3.05, 3.63) is 40.4 Å². The summed E-state index contributed by atoms with van der Waals surface area (Å²) in [5.41, 5.74) is -0.496. The molecule has 1 amide bonds. The standard InChI is InChI=1S/C15H15N3O6/c1-3-23-15(22)13-16-11-8-6-5-7-10(11)14(21)17(13)18(24-4-2)12(20)9-19/h5-9H,3-4H2,1-2H3. The van der Waals surface area contributed by atoms with E-state index in [1.54, 1.807) is 26.0 Å². The van der Waals surface area contributed by atoms with Crippen LogP contribution >= 0.6 is 0 Å². The quantitative estimate of drug-likeness (QED) is 0.321. The first-order valence-corrected chi connectivity index (χ1v) is 7.16. The van der Waals surface area contributed by atoms with Gasteiger partial charge in [-0.25, -0.2) is 9.78 Å². The van der Waals surface area contributed by atoms with Crippen molar-refractivity contribution in [2.45, 2.75) is 13.8 Å². The zero-order valence-electron chi connectivity index (χ0n) is 13.1. The number of aromatic nitrogens is 2. The molecule has 0 radical (unpaired) electrons. The van der Waals surface area contributed by atoms with Crippen LogP contribution in [0.5, 0.6) is 0 Å². The molecule has 1 aromatic carbocycles. The van der Waals surface area contributed by atoms with E-state index in [0.29, 0.717) is 9.85 Å². The van der Waals surface area contributed by atoms with Gasteiger partial charge in [0.15, 0.2) is 0 Å². The van der Waals surface area contributed by atoms with Crippen molar-refractivity contribution < 1.29 is 24.0 Å². The van der Waals surface area contributed by atoms with E-state index in [-0.39, 0.29) is 30.4 Å². The lowest BCUT2D eigenvalue weighted by Gasteiger charge is -2.22. The second kappa shape index (κ2) is 7.47. The van der Waals surface area contributed by atoms with Gasteiger partial charge in [-0.1, -0.05) is 12.1 Å². The zero-order valence-corrected chi connectivity index (χ0v) is 13.1. The van der Waals surface area contributed by atoms with Crippen LogP contribution in [0.25, 0.3) is 10.9 Å². The van der Waals surface area contributed by atoms with Gasteiger partial charge in [0, 0.05) is 0 Å². The first-order valence-electron chi connectivity index (χ1n) is 7.16. The first-order chi connectivity index (χ1) is 11.5. The van der Waals surface area contributed by atoms with E-state index < -0.39 is 23.3 Å². The number of aldehydes is 1. The molecule has 0 saturated carbocycles. The van der Waals surface area contributed by atoms with Crippen LogP contribution in [0.1, 0.15) is 24.5 Å². The summed E-state index contributed by atoms with van der Waals surface area (Å²) >= 11 is 0. The van der Waals surface area contributed by atoms with Crippen LogP contribution in [0.3, 0.4) is 0 Å². The molecule has 126 valence electrons. The molecular formula is C15H15N3O6. The van der Waals surface area contributed by atoms with E-state index in [1.165, 1.54) is 12.1 Å². The highest BCUT2D eigenvalue weighted by Crippen LogP contribution is 2.10. The zero-order chi connectivity index (χ0) is 17.7. The molecule has 0 aliphatic heterocycles. The summed E-state index contributed by atoms with van der Waals surface area (Å²) in [5.74, 6) is -2.56. The number of hydrogen-bond acceptors (Lipinski definition) is 7. The SMILES string of the molecule is CCOC(=O)c1nc2ccccc2c(=O)n1N(OCC)C(=O)C=O. The Morgan fingerprint density at radius 1 is 1.25 bits per heavy atom. The van der Waals surface area contributed by atoms with Crippen LogP contribution in [0.2, 0.25) is 0 Å². The minimum Gasteiger partial charge on any atom is -0.460 e. The van der Waals surface area contributed by atoms with Gasteiger partial charge in [-0.15, -0.1) is 5.17 Å². The van der Waals surface area contributed by atoms with Crippen molar-refractivity contribution >= 4 is 29.1 Å². The fraction of sp³-hybridized carbons (Fsp3) is 0.267. The summed E-state index contributed by atoms with van der Waals surface area (Å²) in [4.78, 5) is 56.7. The molecule has 0 aliphatic rings. The molecule has 1 heterocycles. The Bertz CT molecular complexity index is 845. The number of amides is 1. The average molecular weight is 333 g/mol. The molecule has 0 aliphatic carbocycles. The Labute approximate surface area is 136 Å². The molecule has 0 N–H and O–H groups in total. The summed E-state index contributed by atoms with van der Waals surface area (Å²) in [7, 11) is 0. The van der Waals surface area contributed by atoms with E-state index in [4.69, 9.17) is 9.57 Å². The molecule has 0 unspecified atom stereocenters. The van der Waals surface area contributed by atoms with E-state index >= 15 is 0 Å². The Kier molecular flexibility index (Phi) is 5.38. The number of fused-ring (bicyclic) bond motifs is 1. The van der Waals surface area contributed by atoms with Gasteiger partial charge in [0.05, 0.1) is 24.1 Å². The molecule has 0 bridgehead atoms. The van der Waals surface area contributed by atoms with Gasteiger partial charge in [0.25, 0.3) is 5.56 Å². The fourth-order valence-corrected chi connectivity index (χ4v) is 2.01. The second-order valence-electron chi connectivity index (χ2n) is 4.44. The molecule has 2 aromatic rings. The predicted octanol–water partition coefficient (Wildman–Crippen LogP) is 0.188. The maximum Gasteiger partial charge on any atom is 0.376 e. The molecule has 1 aromatic heterocycles. The topological polar surface area (TPSA) is 108 Å². The Morgan fingerprint density at radius 3 is 2.58 bits per heavy atom. The number of nitrogens with zero attached hydrogens (tertiary/aromatic N) is 3. The number of carbonyl (C=O) groups is 3. The predicted molar refractivity (Wildman–Crippen MR) is 82.9 cm³/mol. The van der Waals surface area contributed by atoms with Crippen LogP contribution in [-0.4, -0.2) is 41.0 Å². The van der Waals surface area contributed by atoms with Crippen LogP contribution in [0.4, 0.5) is 0 Å². The van der Waals surface area contributed by atoms with Crippen molar-refractivity contribution in [1.29, 1.82) is 0 Å². The maximum absolute atomic E-state index is 12.7. The van der Waals surface area contributed by atoms with Crippen molar-refractivity contribution in [3.8, 4) is 0 Å². The summed E-state index contributed by atoms with van der Waals surface area (Å²) in [6, 6.07) is 6.26. The average Bonchev–Trinajstić information content (AvgIpc) is 2.59. The van der Waals surface area contributed by atoms with E-state index in [1.807, 2.05) is 0 Å². The van der Waals surface area contributed by atoms with Crippen LogP contribution in [-0.2, 0) is 19.2 Å². The number of hydrogen-bond donors (Lipinski definition) is 0. The number of hydroxylamine groups is 1. The Balaban J connectivity index is 2.81. The molecule has 9 heteroatoms. The third-order valence-corrected chi connectivity index (χ3v) is 2.93. The van der Waals surface area contributed by atoms with Gasteiger partial charge >= 0.3 is 11.9 Å². The van der Waals surface area contributed by atoms with E-state index in [9.17, 15) is 19.2 Å². The lowest BCUT2D eigenvalue weighted by molar-refractivity contribution is -0.137. The summed E-state index contributed by atoms with van der Waals surface area (Å²) in [6.45, 7) is 3.14. The van der Waals surface area contributed by atoms with Gasteiger partial charge < -0.3 is 4.74 Å². The molecule has 9 nitrogen and oxygen atoms in total. The number of carbonyl (C=O) groups excluding carboxylic acids is 3. The first kappa shape index (κ1) is 17.3. The monoisotopic (exact) mass is 333 g/mol. The largest absolute Gasteiger partial charge is 0.460 e. The number of rotatable bonds is 6. The lowest BCUT2D eigenvalue weighted by Crippen LogP contribution is -2.49. The molecule has 0 atom stereocenters. The minimum absolute atomic E-state index is 0.0267. The smallest absolute Gasteiger partial charge is 0.376 e. The molecule has 2 rings (SSSR count). The van der Waals surface area contributed by atoms with Gasteiger partial charge in [-0.3, -0.25) is 19.2 Å². The van der Waals surface area contributed by atoms with Gasteiger partial charge in [0.1, 0.15) is 0 Å². The number of esters is 1.